The molecule has 0 radical (unpaired) electrons. The third-order valence-corrected chi connectivity index (χ3v) is 5.64. The molecule has 0 aliphatic carbocycles. The summed E-state index contributed by atoms with van der Waals surface area (Å²) in [5.74, 6) is 0.559. The van der Waals surface area contributed by atoms with E-state index >= 15 is 0 Å². The van der Waals surface area contributed by atoms with Crippen LogP contribution >= 0.6 is 0 Å². The van der Waals surface area contributed by atoms with Gasteiger partial charge < -0.3 is 4.74 Å². The SMILES string of the molecule is CCOc1ccc(S(=O)(=O)Nc2ccc(C)c(S(N)(=O)=O)c2)cc1. The molecule has 0 heterocycles. The third kappa shape index (κ3) is 4.25. The van der Waals surface area contributed by atoms with E-state index in [2.05, 4.69) is 4.72 Å². The van der Waals surface area contributed by atoms with Crippen LogP contribution in [-0.2, 0) is 20.0 Å². The first-order valence-corrected chi connectivity index (χ1v) is 10.1. The van der Waals surface area contributed by atoms with Gasteiger partial charge in [0, 0.05) is 0 Å². The summed E-state index contributed by atoms with van der Waals surface area (Å²) < 4.78 is 55.4. The molecule has 0 unspecified atom stereocenters. The number of hydrogen-bond donors (Lipinski definition) is 2. The van der Waals surface area contributed by atoms with Gasteiger partial charge in [-0.25, -0.2) is 22.0 Å². The van der Waals surface area contributed by atoms with E-state index in [1.807, 2.05) is 6.92 Å². The number of rotatable bonds is 6. The van der Waals surface area contributed by atoms with Gasteiger partial charge in [0.05, 0.1) is 22.1 Å². The number of anilines is 1. The van der Waals surface area contributed by atoms with E-state index in [-0.39, 0.29) is 15.5 Å². The van der Waals surface area contributed by atoms with E-state index in [1.165, 1.54) is 30.3 Å². The highest BCUT2D eigenvalue weighted by atomic mass is 32.2. The molecule has 2 rings (SSSR count). The number of nitrogens with one attached hydrogen (secondary N) is 1. The van der Waals surface area contributed by atoms with E-state index in [0.717, 1.165) is 0 Å². The summed E-state index contributed by atoms with van der Waals surface area (Å²) in [4.78, 5) is -0.0990. The Bertz CT molecular complexity index is 936. The van der Waals surface area contributed by atoms with Gasteiger partial charge in [-0.15, -0.1) is 0 Å². The maximum atomic E-state index is 12.4. The van der Waals surface area contributed by atoms with E-state index < -0.39 is 20.0 Å². The molecule has 0 aromatic heterocycles. The summed E-state index contributed by atoms with van der Waals surface area (Å²) in [5.41, 5.74) is 0.542. The van der Waals surface area contributed by atoms with Gasteiger partial charge in [-0.1, -0.05) is 6.07 Å². The van der Waals surface area contributed by atoms with Crippen LogP contribution in [0.25, 0.3) is 0 Å². The summed E-state index contributed by atoms with van der Waals surface area (Å²) in [6, 6.07) is 10.0. The Morgan fingerprint density at radius 3 is 2.21 bits per heavy atom. The smallest absolute Gasteiger partial charge is 0.261 e. The predicted molar refractivity (Wildman–Crippen MR) is 91.0 cm³/mol. The topological polar surface area (TPSA) is 116 Å². The number of primary sulfonamides is 1. The molecule has 7 nitrogen and oxygen atoms in total. The van der Waals surface area contributed by atoms with Gasteiger partial charge in [0.1, 0.15) is 5.75 Å². The van der Waals surface area contributed by atoms with Gasteiger partial charge in [0.25, 0.3) is 10.0 Å². The maximum Gasteiger partial charge on any atom is 0.261 e. The van der Waals surface area contributed by atoms with Gasteiger partial charge in [-0.3, -0.25) is 4.72 Å². The zero-order valence-corrected chi connectivity index (χ0v) is 14.8. The normalized spacial score (nSPS) is 12.0. The minimum absolute atomic E-state index is 0.0312. The van der Waals surface area contributed by atoms with Crippen LogP contribution in [0.3, 0.4) is 0 Å². The molecule has 0 aliphatic rings. The lowest BCUT2D eigenvalue weighted by Crippen LogP contribution is -2.16. The fourth-order valence-corrected chi connectivity index (χ4v) is 3.92. The molecule has 130 valence electrons. The van der Waals surface area contributed by atoms with Gasteiger partial charge >= 0.3 is 0 Å². The summed E-state index contributed by atoms with van der Waals surface area (Å²) in [6.45, 7) is 3.88. The molecule has 0 fully saturated rings. The zero-order valence-electron chi connectivity index (χ0n) is 13.2. The average Bonchev–Trinajstić information content (AvgIpc) is 2.49. The molecule has 9 heteroatoms. The third-order valence-electron chi connectivity index (χ3n) is 3.19. The van der Waals surface area contributed by atoms with Crippen molar-refractivity contribution in [2.75, 3.05) is 11.3 Å². The molecule has 0 aliphatic heterocycles. The molecule has 0 bridgehead atoms. The monoisotopic (exact) mass is 370 g/mol. The molecular weight excluding hydrogens is 352 g/mol. The number of benzene rings is 2. The molecule has 2 aromatic rings. The van der Waals surface area contributed by atoms with Crippen molar-refractivity contribution in [1.82, 2.24) is 0 Å². The van der Waals surface area contributed by atoms with Crippen LogP contribution < -0.4 is 14.6 Å². The second-order valence-corrected chi connectivity index (χ2v) is 8.25. The van der Waals surface area contributed by atoms with Crippen molar-refractivity contribution < 1.29 is 21.6 Å². The van der Waals surface area contributed by atoms with Crippen molar-refractivity contribution in [3.8, 4) is 5.75 Å². The molecule has 0 spiro atoms. The van der Waals surface area contributed by atoms with Crippen LogP contribution in [0.2, 0.25) is 0 Å². The Morgan fingerprint density at radius 2 is 1.67 bits per heavy atom. The first kappa shape index (κ1) is 18.2. The standard InChI is InChI=1S/C15H18N2O5S2/c1-3-22-13-6-8-14(9-7-13)24(20,21)17-12-5-4-11(2)15(10-12)23(16,18)19/h4-10,17H,3H2,1-2H3,(H2,16,18,19). The molecule has 2 aromatic carbocycles. The van der Waals surface area contributed by atoms with Crippen LogP contribution in [0.15, 0.2) is 52.3 Å². The highest BCUT2D eigenvalue weighted by Gasteiger charge is 2.17. The van der Waals surface area contributed by atoms with Crippen LogP contribution in [0.4, 0.5) is 5.69 Å². The fourth-order valence-electron chi connectivity index (χ4n) is 2.07. The summed E-state index contributed by atoms with van der Waals surface area (Å²) in [7, 11) is -7.80. The molecule has 0 saturated carbocycles. The Balaban J connectivity index is 2.32. The summed E-state index contributed by atoms with van der Waals surface area (Å²) >= 11 is 0. The molecule has 3 N–H and O–H groups in total. The van der Waals surface area contributed by atoms with Crippen molar-refractivity contribution in [2.24, 2.45) is 5.14 Å². The molecule has 0 saturated heterocycles. The molecular formula is C15H18N2O5S2. The Morgan fingerprint density at radius 1 is 1.04 bits per heavy atom. The van der Waals surface area contributed by atoms with Crippen LogP contribution in [-0.4, -0.2) is 23.4 Å². The van der Waals surface area contributed by atoms with Crippen molar-refractivity contribution >= 4 is 25.7 Å². The molecule has 0 amide bonds. The number of sulfonamides is 2. The lowest BCUT2D eigenvalue weighted by Gasteiger charge is -2.11. The molecule has 0 atom stereocenters. The van der Waals surface area contributed by atoms with E-state index in [0.29, 0.717) is 17.9 Å². The quantitative estimate of drug-likeness (QED) is 0.805. The summed E-state index contributed by atoms with van der Waals surface area (Å²) in [5, 5.41) is 5.13. The Labute approximate surface area is 141 Å². The van der Waals surface area contributed by atoms with Gasteiger partial charge in [0.15, 0.2) is 0 Å². The van der Waals surface area contributed by atoms with Gasteiger partial charge in [-0.2, -0.15) is 0 Å². The van der Waals surface area contributed by atoms with E-state index in [1.54, 1.807) is 19.1 Å². The second kappa shape index (κ2) is 6.80. The Hall–Kier alpha value is -2.10. The largest absolute Gasteiger partial charge is 0.494 e. The van der Waals surface area contributed by atoms with Crippen molar-refractivity contribution in [3.63, 3.8) is 0 Å². The van der Waals surface area contributed by atoms with Gasteiger partial charge in [0.2, 0.25) is 10.0 Å². The second-order valence-electron chi connectivity index (χ2n) is 5.04. The Kier molecular flexibility index (Phi) is 5.16. The lowest BCUT2D eigenvalue weighted by molar-refractivity contribution is 0.340. The molecule has 24 heavy (non-hydrogen) atoms. The van der Waals surface area contributed by atoms with E-state index in [4.69, 9.17) is 9.88 Å². The minimum Gasteiger partial charge on any atom is -0.494 e. The fraction of sp³-hybridized carbons (Fsp3) is 0.200. The van der Waals surface area contributed by atoms with Crippen molar-refractivity contribution in [2.45, 2.75) is 23.6 Å². The number of hydrogen-bond acceptors (Lipinski definition) is 5. The van der Waals surface area contributed by atoms with Crippen LogP contribution in [0.5, 0.6) is 5.75 Å². The van der Waals surface area contributed by atoms with Crippen LogP contribution in [0.1, 0.15) is 12.5 Å². The highest BCUT2D eigenvalue weighted by molar-refractivity contribution is 7.92. The average molecular weight is 370 g/mol. The predicted octanol–water partition coefficient (Wildman–Crippen LogP) is 1.84. The number of aryl methyl sites for hydroxylation is 1. The minimum atomic E-state index is -3.94. The zero-order chi connectivity index (χ0) is 18.0. The maximum absolute atomic E-state index is 12.4. The van der Waals surface area contributed by atoms with Crippen molar-refractivity contribution in [3.05, 3.63) is 48.0 Å². The number of ether oxygens (including phenoxy) is 1. The summed E-state index contributed by atoms with van der Waals surface area (Å²) in [6.07, 6.45) is 0. The number of nitrogens with two attached hydrogens (primary N) is 1. The van der Waals surface area contributed by atoms with Crippen LogP contribution in [0, 0.1) is 6.92 Å². The lowest BCUT2D eigenvalue weighted by atomic mass is 10.2. The first-order chi connectivity index (χ1) is 11.1. The van der Waals surface area contributed by atoms with Gasteiger partial charge in [-0.05, 0) is 55.8 Å². The highest BCUT2D eigenvalue weighted by Crippen LogP contribution is 2.23. The van der Waals surface area contributed by atoms with E-state index in [9.17, 15) is 16.8 Å². The first-order valence-electron chi connectivity index (χ1n) is 7.02. The van der Waals surface area contributed by atoms with Crippen molar-refractivity contribution in [1.29, 1.82) is 0 Å².